The van der Waals surface area contributed by atoms with E-state index in [9.17, 15) is 18.9 Å². The fourth-order valence-corrected chi connectivity index (χ4v) is 1.85. The Morgan fingerprint density at radius 3 is 2.67 bits per heavy atom. The van der Waals surface area contributed by atoms with Gasteiger partial charge in [-0.25, -0.2) is 8.78 Å². The van der Waals surface area contributed by atoms with Crippen LogP contribution >= 0.6 is 15.9 Å². The van der Waals surface area contributed by atoms with Crippen LogP contribution in [0.25, 0.3) is 0 Å². The van der Waals surface area contributed by atoms with E-state index < -0.39 is 17.9 Å². The summed E-state index contributed by atoms with van der Waals surface area (Å²) in [5.74, 6) is 0. The Morgan fingerprint density at radius 1 is 1.50 bits per heavy atom. The third-order valence-corrected chi connectivity index (χ3v) is 2.70. The van der Waals surface area contributed by atoms with Crippen LogP contribution in [-0.4, -0.2) is 36.2 Å². The number of alkyl halides is 2. The Hall–Kier alpha value is -1.28. The van der Waals surface area contributed by atoms with Gasteiger partial charge in [-0.05, 0) is 12.1 Å². The van der Waals surface area contributed by atoms with E-state index in [0.29, 0.717) is 4.47 Å². The molecule has 0 amide bonds. The first-order valence-corrected chi connectivity index (χ1v) is 5.83. The first kappa shape index (κ1) is 14.8. The third-order valence-electron chi connectivity index (χ3n) is 2.20. The van der Waals surface area contributed by atoms with Crippen LogP contribution in [-0.2, 0) is 0 Å². The lowest BCUT2D eigenvalue weighted by atomic mass is 10.2. The zero-order valence-electron chi connectivity index (χ0n) is 9.22. The van der Waals surface area contributed by atoms with Crippen molar-refractivity contribution in [2.24, 2.45) is 0 Å². The van der Waals surface area contributed by atoms with E-state index in [2.05, 4.69) is 15.9 Å². The van der Waals surface area contributed by atoms with Crippen LogP contribution in [0.4, 0.5) is 20.2 Å². The van der Waals surface area contributed by atoms with E-state index in [1.165, 1.54) is 18.2 Å². The molecular formula is C10H11BrF2N2O3. The minimum atomic E-state index is -2.64. The molecule has 100 valence electrons. The highest BCUT2D eigenvalue weighted by Gasteiger charge is 2.21. The van der Waals surface area contributed by atoms with Crippen LogP contribution in [0.15, 0.2) is 22.7 Å². The van der Waals surface area contributed by atoms with E-state index in [-0.39, 0.29) is 24.5 Å². The highest BCUT2D eigenvalue weighted by atomic mass is 79.9. The molecular weight excluding hydrogens is 314 g/mol. The molecule has 1 rings (SSSR count). The van der Waals surface area contributed by atoms with Gasteiger partial charge in [0.25, 0.3) is 12.1 Å². The first-order valence-electron chi connectivity index (χ1n) is 5.03. The number of nitrogens with zero attached hydrogens (tertiary/aromatic N) is 2. The summed E-state index contributed by atoms with van der Waals surface area (Å²) in [6.07, 6.45) is -2.64. The average Bonchev–Trinajstić information content (AvgIpc) is 2.27. The lowest BCUT2D eigenvalue weighted by Crippen LogP contribution is -2.32. The summed E-state index contributed by atoms with van der Waals surface area (Å²) in [4.78, 5) is 11.3. The highest BCUT2D eigenvalue weighted by molar-refractivity contribution is 9.10. The van der Waals surface area contributed by atoms with E-state index in [0.717, 1.165) is 4.90 Å². The number of nitro groups is 1. The van der Waals surface area contributed by atoms with Crippen molar-refractivity contribution in [3.63, 3.8) is 0 Å². The molecule has 0 aliphatic carbocycles. The molecule has 0 aliphatic heterocycles. The molecule has 0 bridgehead atoms. The fraction of sp³-hybridized carbons (Fsp3) is 0.400. The van der Waals surface area contributed by atoms with Crippen molar-refractivity contribution in [3.8, 4) is 0 Å². The molecule has 18 heavy (non-hydrogen) atoms. The van der Waals surface area contributed by atoms with Gasteiger partial charge in [-0.2, -0.15) is 0 Å². The summed E-state index contributed by atoms with van der Waals surface area (Å²) in [7, 11) is 0. The van der Waals surface area contributed by atoms with Crippen molar-refractivity contribution >= 4 is 27.3 Å². The van der Waals surface area contributed by atoms with Crippen molar-refractivity contribution in [1.29, 1.82) is 0 Å². The average molecular weight is 325 g/mol. The maximum atomic E-state index is 12.4. The van der Waals surface area contributed by atoms with Gasteiger partial charge in [-0.1, -0.05) is 15.9 Å². The molecule has 8 heteroatoms. The minimum Gasteiger partial charge on any atom is -0.395 e. The maximum Gasteiger partial charge on any atom is 0.292 e. The smallest absolute Gasteiger partial charge is 0.292 e. The van der Waals surface area contributed by atoms with Crippen LogP contribution < -0.4 is 4.90 Å². The Kier molecular flexibility index (Phi) is 5.42. The molecule has 0 atom stereocenters. The van der Waals surface area contributed by atoms with E-state index >= 15 is 0 Å². The standard InChI is InChI=1S/C10H11BrF2N2O3/c11-7-1-2-8(15(17)18)9(5-7)14(3-4-16)6-10(12)13/h1-2,5,10,16H,3-4,6H2. The SMILES string of the molecule is O=[N+]([O-])c1ccc(Br)cc1N(CCO)CC(F)F. The quantitative estimate of drug-likeness (QED) is 0.644. The van der Waals surface area contributed by atoms with Crippen LogP contribution in [0.5, 0.6) is 0 Å². The number of halogens is 3. The van der Waals surface area contributed by atoms with Crippen LogP contribution in [0.2, 0.25) is 0 Å². The number of benzene rings is 1. The van der Waals surface area contributed by atoms with Crippen molar-refractivity contribution < 1.29 is 18.8 Å². The zero-order valence-corrected chi connectivity index (χ0v) is 10.8. The summed E-state index contributed by atoms with van der Waals surface area (Å²) in [6.45, 7) is -1.13. The van der Waals surface area contributed by atoms with Gasteiger partial charge in [-0.3, -0.25) is 10.1 Å². The summed E-state index contributed by atoms with van der Waals surface area (Å²) in [5, 5.41) is 19.7. The molecule has 1 aromatic carbocycles. The van der Waals surface area contributed by atoms with Gasteiger partial charge >= 0.3 is 0 Å². The lowest BCUT2D eigenvalue weighted by Gasteiger charge is -2.23. The van der Waals surface area contributed by atoms with Gasteiger partial charge < -0.3 is 10.0 Å². The second-order valence-corrected chi connectivity index (χ2v) is 4.37. The van der Waals surface area contributed by atoms with E-state index in [4.69, 9.17) is 5.11 Å². The maximum absolute atomic E-state index is 12.4. The molecule has 0 radical (unpaired) electrons. The largest absolute Gasteiger partial charge is 0.395 e. The van der Waals surface area contributed by atoms with Crippen LogP contribution in [0, 0.1) is 10.1 Å². The molecule has 0 aromatic heterocycles. The van der Waals surface area contributed by atoms with Gasteiger partial charge in [-0.15, -0.1) is 0 Å². The molecule has 0 spiro atoms. The molecule has 5 nitrogen and oxygen atoms in total. The fourth-order valence-electron chi connectivity index (χ4n) is 1.50. The Morgan fingerprint density at radius 2 is 2.17 bits per heavy atom. The Bertz CT molecular complexity index is 432. The second kappa shape index (κ2) is 6.60. The number of hydrogen-bond donors (Lipinski definition) is 1. The normalized spacial score (nSPS) is 10.7. The topological polar surface area (TPSA) is 66.6 Å². The highest BCUT2D eigenvalue weighted by Crippen LogP contribution is 2.31. The molecule has 0 unspecified atom stereocenters. The number of aliphatic hydroxyl groups is 1. The predicted octanol–water partition coefficient (Wildman–Crippen LogP) is 2.42. The Labute approximate surface area is 110 Å². The first-order chi connectivity index (χ1) is 8.45. The number of aliphatic hydroxyl groups excluding tert-OH is 1. The van der Waals surface area contributed by atoms with Gasteiger partial charge in [0, 0.05) is 17.1 Å². The van der Waals surface area contributed by atoms with Gasteiger partial charge in [0.1, 0.15) is 5.69 Å². The van der Waals surface area contributed by atoms with Crippen molar-refractivity contribution in [3.05, 3.63) is 32.8 Å². The molecule has 0 fully saturated rings. The van der Waals surface area contributed by atoms with Crippen LogP contribution in [0.1, 0.15) is 0 Å². The van der Waals surface area contributed by atoms with Gasteiger partial charge in [0.05, 0.1) is 18.1 Å². The van der Waals surface area contributed by atoms with Gasteiger partial charge in [0.15, 0.2) is 0 Å². The summed E-state index contributed by atoms with van der Waals surface area (Å²) in [6, 6.07) is 4.08. The zero-order chi connectivity index (χ0) is 13.7. The van der Waals surface area contributed by atoms with Crippen molar-refractivity contribution in [2.45, 2.75) is 6.43 Å². The lowest BCUT2D eigenvalue weighted by molar-refractivity contribution is -0.384. The third kappa shape index (κ3) is 3.88. The van der Waals surface area contributed by atoms with Crippen molar-refractivity contribution in [1.82, 2.24) is 0 Å². The number of rotatable bonds is 6. The summed E-state index contributed by atoms with van der Waals surface area (Å²) in [5.41, 5.74) is -0.212. The molecule has 0 heterocycles. The molecule has 0 saturated heterocycles. The Balaban J connectivity index is 3.15. The van der Waals surface area contributed by atoms with E-state index in [1.54, 1.807) is 0 Å². The van der Waals surface area contributed by atoms with E-state index in [1.807, 2.05) is 0 Å². The number of hydrogen-bond acceptors (Lipinski definition) is 4. The number of anilines is 1. The van der Waals surface area contributed by atoms with Crippen LogP contribution in [0.3, 0.4) is 0 Å². The molecule has 1 N–H and O–H groups in total. The molecule has 1 aromatic rings. The second-order valence-electron chi connectivity index (χ2n) is 3.45. The monoisotopic (exact) mass is 324 g/mol. The molecule has 0 aliphatic rings. The van der Waals surface area contributed by atoms with Crippen molar-refractivity contribution in [2.75, 3.05) is 24.6 Å². The summed E-state index contributed by atoms with van der Waals surface area (Å²) < 4.78 is 25.4. The predicted molar refractivity (Wildman–Crippen MR) is 66.1 cm³/mol. The minimum absolute atomic E-state index is 0.0590. The number of nitro benzene ring substituents is 1. The molecule has 0 saturated carbocycles. The summed E-state index contributed by atoms with van der Waals surface area (Å²) >= 11 is 3.13. The van der Waals surface area contributed by atoms with Gasteiger partial charge in [0.2, 0.25) is 0 Å².